The van der Waals surface area contributed by atoms with Crippen LogP contribution in [-0.4, -0.2) is 30.8 Å². The second-order valence-corrected chi connectivity index (χ2v) is 6.18. The summed E-state index contributed by atoms with van der Waals surface area (Å²) in [4.78, 5) is 1.76. The molecule has 0 amide bonds. The minimum Gasteiger partial charge on any atom is -0.396 e. The predicted molar refractivity (Wildman–Crippen MR) is 78.2 cm³/mol. The van der Waals surface area contributed by atoms with Crippen LogP contribution >= 0.6 is 0 Å². The van der Waals surface area contributed by atoms with Crippen molar-refractivity contribution in [2.75, 3.05) is 24.6 Å². The van der Waals surface area contributed by atoms with E-state index < -0.39 is 11.6 Å². The molecular weight excluding hydrogens is 274 g/mol. The van der Waals surface area contributed by atoms with Gasteiger partial charge in [-0.3, -0.25) is 0 Å². The van der Waals surface area contributed by atoms with Crippen molar-refractivity contribution in [2.45, 2.75) is 38.3 Å². The van der Waals surface area contributed by atoms with Gasteiger partial charge >= 0.3 is 0 Å². The Morgan fingerprint density at radius 3 is 2.24 bits per heavy atom. The van der Waals surface area contributed by atoms with Crippen molar-refractivity contribution in [3.63, 3.8) is 0 Å². The molecule has 1 aliphatic carbocycles. The van der Waals surface area contributed by atoms with Gasteiger partial charge in [-0.15, -0.1) is 0 Å². The van der Waals surface area contributed by atoms with E-state index in [1.807, 2.05) is 0 Å². The molecule has 0 aromatic heterocycles. The largest absolute Gasteiger partial charge is 0.396 e. The molecule has 2 N–H and O–H groups in total. The normalized spacial score (nSPS) is 20.0. The molecule has 2 aliphatic rings. The highest BCUT2D eigenvalue weighted by Gasteiger charge is 2.24. The molecule has 1 saturated carbocycles. The quantitative estimate of drug-likeness (QED) is 0.876. The minimum absolute atomic E-state index is 0.0848. The molecule has 0 radical (unpaired) electrons. The van der Waals surface area contributed by atoms with Gasteiger partial charge in [0.05, 0.1) is 0 Å². The summed E-state index contributed by atoms with van der Waals surface area (Å²) < 4.78 is 28.5. The molecular formula is C16H22F2N2O. The molecule has 0 unspecified atom stereocenters. The van der Waals surface area contributed by atoms with Crippen molar-refractivity contribution in [3.05, 3.63) is 29.3 Å². The summed E-state index contributed by atoms with van der Waals surface area (Å²) >= 11 is 0. The van der Waals surface area contributed by atoms with Gasteiger partial charge in [0.1, 0.15) is 17.3 Å². The van der Waals surface area contributed by atoms with Crippen molar-refractivity contribution in [2.24, 2.45) is 5.92 Å². The number of aliphatic hydroxyl groups excluding tert-OH is 1. The zero-order chi connectivity index (χ0) is 14.8. The molecule has 21 heavy (non-hydrogen) atoms. The minimum atomic E-state index is -0.481. The number of nitrogens with zero attached hydrogens (tertiary/aromatic N) is 1. The summed E-state index contributed by atoms with van der Waals surface area (Å²) in [6.45, 7) is 1.87. The Labute approximate surface area is 124 Å². The predicted octanol–water partition coefficient (Wildman–Crippen LogP) is 2.43. The SMILES string of the molecule is OCC1CCN(c2c(F)cc(CNC3CC3)cc2F)CC1. The molecule has 1 aromatic rings. The highest BCUT2D eigenvalue weighted by atomic mass is 19.1. The third-order valence-electron chi connectivity index (χ3n) is 4.44. The van der Waals surface area contributed by atoms with Crippen molar-refractivity contribution in [3.8, 4) is 0 Å². The first-order valence-electron chi connectivity index (χ1n) is 7.74. The van der Waals surface area contributed by atoms with Gasteiger partial charge < -0.3 is 15.3 Å². The summed E-state index contributed by atoms with van der Waals surface area (Å²) in [5.74, 6) is -0.704. The van der Waals surface area contributed by atoms with E-state index in [4.69, 9.17) is 5.11 Å². The van der Waals surface area contributed by atoms with Crippen LogP contribution in [-0.2, 0) is 6.54 Å². The van der Waals surface area contributed by atoms with Crippen molar-refractivity contribution >= 4 is 5.69 Å². The Morgan fingerprint density at radius 1 is 1.10 bits per heavy atom. The van der Waals surface area contributed by atoms with E-state index in [1.54, 1.807) is 4.90 Å². The Morgan fingerprint density at radius 2 is 1.71 bits per heavy atom. The fourth-order valence-corrected chi connectivity index (χ4v) is 2.91. The van der Waals surface area contributed by atoms with Crippen LogP contribution in [0.5, 0.6) is 0 Å². The molecule has 3 rings (SSSR count). The van der Waals surface area contributed by atoms with Gasteiger partial charge in [0, 0.05) is 32.3 Å². The van der Waals surface area contributed by atoms with Gasteiger partial charge in [-0.25, -0.2) is 8.78 Å². The number of hydrogen-bond donors (Lipinski definition) is 2. The number of aliphatic hydroxyl groups is 1. The van der Waals surface area contributed by atoms with Crippen molar-refractivity contribution < 1.29 is 13.9 Å². The summed E-state index contributed by atoms with van der Waals surface area (Å²) in [5, 5.41) is 12.4. The molecule has 1 aliphatic heterocycles. The third-order valence-corrected chi connectivity index (χ3v) is 4.44. The maximum Gasteiger partial charge on any atom is 0.149 e. The van der Waals surface area contributed by atoms with Gasteiger partial charge in [0.2, 0.25) is 0 Å². The second-order valence-electron chi connectivity index (χ2n) is 6.18. The lowest BCUT2D eigenvalue weighted by Crippen LogP contribution is -2.36. The summed E-state index contributed by atoms with van der Waals surface area (Å²) in [7, 11) is 0. The number of piperidine rings is 1. The molecule has 0 atom stereocenters. The lowest BCUT2D eigenvalue weighted by atomic mass is 9.97. The van der Waals surface area contributed by atoms with Crippen LogP contribution in [0.4, 0.5) is 14.5 Å². The van der Waals surface area contributed by atoms with E-state index in [-0.39, 0.29) is 18.2 Å². The molecule has 1 heterocycles. The van der Waals surface area contributed by atoms with Crippen LogP contribution < -0.4 is 10.2 Å². The molecule has 2 fully saturated rings. The second kappa shape index (κ2) is 6.28. The zero-order valence-electron chi connectivity index (χ0n) is 12.1. The Balaban J connectivity index is 1.69. The number of rotatable bonds is 5. The topological polar surface area (TPSA) is 35.5 Å². The standard InChI is InChI=1S/C16H22F2N2O/c17-14-7-12(9-19-13-1-2-13)8-15(18)16(14)20-5-3-11(10-21)4-6-20/h7-8,11,13,19,21H,1-6,9-10H2. The van der Waals surface area contributed by atoms with E-state index in [1.165, 1.54) is 12.1 Å². The number of benzene rings is 1. The van der Waals surface area contributed by atoms with Gasteiger partial charge in [0.25, 0.3) is 0 Å². The highest BCUT2D eigenvalue weighted by molar-refractivity contribution is 5.51. The lowest BCUT2D eigenvalue weighted by Gasteiger charge is -2.33. The molecule has 3 nitrogen and oxygen atoms in total. The van der Waals surface area contributed by atoms with Crippen LogP contribution in [0, 0.1) is 17.6 Å². The highest BCUT2D eigenvalue weighted by Crippen LogP contribution is 2.29. The molecule has 0 spiro atoms. The van der Waals surface area contributed by atoms with E-state index >= 15 is 0 Å². The average molecular weight is 296 g/mol. The monoisotopic (exact) mass is 296 g/mol. The van der Waals surface area contributed by atoms with E-state index in [0.717, 1.165) is 25.7 Å². The average Bonchev–Trinajstić information content (AvgIpc) is 3.29. The first kappa shape index (κ1) is 14.7. The van der Waals surface area contributed by atoms with Gasteiger partial charge in [-0.1, -0.05) is 0 Å². The summed E-state index contributed by atoms with van der Waals surface area (Å²) in [6.07, 6.45) is 3.87. The Bertz CT molecular complexity index is 474. The maximum absolute atomic E-state index is 14.3. The number of nitrogens with one attached hydrogen (secondary N) is 1. The zero-order valence-corrected chi connectivity index (χ0v) is 12.1. The van der Waals surface area contributed by atoms with Gasteiger partial charge in [0.15, 0.2) is 0 Å². The van der Waals surface area contributed by atoms with E-state index in [9.17, 15) is 8.78 Å². The maximum atomic E-state index is 14.3. The van der Waals surface area contributed by atoms with Crippen molar-refractivity contribution in [1.29, 1.82) is 0 Å². The third kappa shape index (κ3) is 3.52. The Hall–Kier alpha value is -1.20. The molecule has 5 heteroatoms. The fraction of sp³-hybridized carbons (Fsp3) is 0.625. The van der Waals surface area contributed by atoms with Crippen LogP contribution in [0.25, 0.3) is 0 Å². The van der Waals surface area contributed by atoms with Crippen LogP contribution in [0.1, 0.15) is 31.2 Å². The van der Waals surface area contributed by atoms with Crippen LogP contribution in [0.2, 0.25) is 0 Å². The molecule has 116 valence electrons. The Kier molecular flexibility index (Phi) is 4.40. The smallest absolute Gasteiger partial charge is 0.149 e. The fourth-order valence-electron chi connectivity index (χ4n) is 2.91. The van der Waals surface area contributed by atoms with E-state index in [0.29, 0.717) is 31.2 Å². The molecule has 1 saturated heterocycles. The summed E-state index contributed by atoms with van der Waals surface area (Å²) in [6, 6.07) is 3.39. The number of anilines is 1. The first-order valence-corrected chi connectivity index (χ1v) is 7.74. The van der Waals surface area contributed by atoms with Crippen molar-refractivity contribution in [1.82, 2.24) is 5.32 Å². The van der Waals surface area contributed by atoms with Crippen LogP contribution in [0.15, 0.2) is 12.1 Å². The molecule has 0 bridgehead atoms. The number of halogens is 2. The molecule has 1 aromatic carbocycles. The summed E-state index contributed by atoms with van der Waals surface area (Å²) in [5.41, 5.74) is 0.743. The van der Waals surface area contributed by atoms with Gasteiger partial charge in [-0.05, 0) is 49.3 Å². The van der Waals surface area contributed by atoms with Crippen LogP contribution in [0.3, 0.4) is 0 Å². The lowest BCUT2D eigenvalue weighted by molar-refractivity contribution is 0.202. The number of hydrogen-bond acceptors (Lipinski definition) is 3. The van der Waals surface area contributed by atoms with E-state index in [2.05, 4.69) is 5.32 Å². The first-order chi connectivity index (χ1) is 10.2. The van der Waals surface area contributed by atoms with Gasteiger partial charge in [-0.2, -0.15) is 0 Å².